The smallest absolute Gasteiger partial charge is 0.417 e. The number of carboxylic acids is 1. The molecule has 0 unspecified atom stereocenters. The predicted molar refractivity (Wildman–Crippen MR) is 76.4 cm³/mol. The summed E-state index contributed by atoms with van der Waals surface area (Å²) in [5.41, 5.74) is -1.85. The number of halogens is 3. The summed E-state index contributed by atoms with van der Waals surface area (Å²) >= 11 is 0. The van der Waals surface area contributed by atoms with E-state index in [2.05, 4.69) is 4.98 Å². The molecule has 0 bridgehead atoms. The van der Waals surface area contributed by atoms with Crippen LogP contribution in [0.5, 0.6) is 0 Å². The molecule has 2 rings (SSSR count). The number of amides is 1. The minimum absolute atomic E-state index is 0.124. The zero-order valence-corrected chi connectivity index (χ0v) is 12.0. The number of hydrogen-bond acceptors (Lipinski definition) is 4. The minimum atomic E-state index is -4.73. The second-order valence-corrected chi connectivity index (χ2v) is 4.61. The van der Waals surface area contributed by atoms with E-state index in [0.717, 1.165) is 0 Å². The standard InChI is InChI=1S/C15H11F3N2O4/c16-15(17,18)10-6-11(12(13(21)22)19-7-10)20-14(23)24-8-9-4-2-1-3-5-9/h1-7H,8H2,(H,20,23)(H,21,22). The Morgan fingerprint density at radius 3 is 2.46 bits per heavy atom. The van der Waals surface area contributed by atoms with Crippen molar-refractivity contribution in [3.63, 3.8) is 0 Å². The van der Waals surface area contributed by atoms with Crippen molar-refractivity contribution in [3.8, 4) is 0 Å². The van der Waals surface area contributed by atoms with Gasteiger partial charge in [0.2, 0.25) is 0 Å². The monoisotopic (exact) mass is 340 g/mol. The Kier molecular flexibility index (Phi) is 5.02. The van der Waals surface area contributed by atoms with Crippen LogP contribution in [0.25, 0.3) is 0 Å². The molecule has 0 spiro atoms. The highest BCUT2D eigenvalue weighted by Crippen LogP contribution is 2.31. The average molecular weight is 340 g/mol. The van der Waals surface area contributed by atoms with Gasteiger partial charge in [0, 0.05) is 6.20 Å². The fourth-order valence-corrected chi connectivity index (χ4v) is 1.75. The lowest BCUT2D eigenvalue weighted by molar-refractivity contribution is -0.137. The maximum atomic E-state index is 12.7. The Labute approximate surface area is 133 Å². The number of carbonyl (C=O) groups is 2. The fraction of sp³-hybridized carbons (Fsp3) is 0.133. The van der Waals surface area contributed by atoms with Crippen LogP contribution in [-0.4, -0.2) is 22.2 Å². The number of carbonyl (C=O) groups excluding carboxylic acids is 1. The van der Waals surface area contributed by atoms with Crippen molar-refractivity contribution in [1.82, 2.24) is 4.98 Å². The van der Waals surface area contributed by atoms with Crippen LogP contribution < -0.4 is 5.32 Å². The summed E-state index contributed by atoms with van der Waals surface area (Å²) in [5.74, 6) is -1.58. The zero-order valence-electron chi connectivity index (χ0n) is 12.0. The molecule has 24 heavy (non-hydrogen) atoms. The molecule has 0 aliphatic rings. The molecule has 0 aliphatic carbocycles. The van der Waals surface area contributed by atoms with Gasteiger partial charge in [0.05, 0.1) is 11.3 Å². The van der Waals surface area contributed by atoms with E-state index in [0.29, 0.717) is 17.8 Å². The lowest BCUT2D eigenvalue weighted by Gasteiger charge is -2.12. The number of ether oxygens (including phenoxy) is 1. The number of benzene rings is 1. The van der Waals surface area contributed by atoms with Crippen LogP contribution in [0.1, 0.15) is 21.6 Å². The molecule has 1 aromatic carbocycles. The Balaban J connectivity index is 2.14. The number of pyridine rings is 1. The normalized spacial score (nSPS) is 11.0. The maximum absolute atomic E-state index is 12.7. The van der Waals surface area contributed by atoms with Crippen molar-refractivity contribution in [2.45, 2.75) is 12.8 Å². The first-order valence-corrected chi connectivity index (χ1v) is 6.55. The molecule has 2 N–H and O–H groups in total. The summed E-state index contributed by atoms with van der Waals surface area (Å²) in [5, 5.41) is 10.9. The highest BCUT2D eigenvalue weighted by Gasteiger charge is 2.32. The van der Waals surface area contributed by atoms with Crippen LogP contribution in [0.2, 0.25) is 0 Å². The van der Waals surface area contributed by atoms with E-state index >= 15 is 0 Å². The number of aromatic nitrogens is 1. The number of carboxylic acid groups (broad SMARTS) is 1. The van der Waals surface area contributed by atoms with Crippen molar-refractivity contribution < 1.29 is 32.6 Å². The summed E-state index contributed by atoms with van der Waals surface area (Å²) in [7, 11) is 0. The van der Waals surface area contributed by atoms with Gasteiger partial charge in [-0.15, -0.1) is 0 Å². The first-order valence-electron chi connectivity index (χ1n) is 6.55. The van der Waals surface area contributed by atoms with Gasteiger partial charge in [-0.2, -0.15) is 13.2 Å². The third-order valence-corrected chi connectivity index (χ3v) is 2.87. The maximum Gasteiger partial charge on any atom is 0.417 e. The van der Waals surface area contributed by atoms with Crippen molar-refractivity contribution in [1.29, 1.82) is 0 Å². The van der Waals surface area contributed by atoms with Crippen LogP contribution in [0, 0.1) is 0 Å². The van der Waals surface area contributed by atoms with Crippen molar-refractivity contribution >= 4 is 17.7 Å². The van der Waals surface area contributed by atoms with Crippen LogP contribution in [0.15, 0.2) is 42.6 Å². The summed E-state index contributed by atoms with van der Waals surface area (Å²) < 4.78 is 42.9. The molecule has 2 aromatic rings. The van der Waals surface area contributed by atoms with Gasteiger partial charge in [0.15, 0.2) is 5.69 Å². The molecule has 9 heteroatoms. The summed E-state index contributed by atoms with van der Waals surface area (Å²) in [6.07, 6.45) is -5.44. The van der Waals surface area contributed by atoms with Gasteiger partial charge in [0.25, 0.3) is 0 Å². The first-order chi connectivity index (χ1) is 11.3. The first kappa shape index (κ1) is 17.3. The van der Waals surface area contributed by atoms with E-state index < -0.39 is 35.2 Å². The largest absolute Gasteiger partial charge is 0.476 e. The Bertz CT molecular complexity index is 748. The number of aromatic carboxylic acids is 1. The average Bonchev–Trinajstić information content (AvgIpc) is 2.53. The molecule has 1 aromatic heterocycles. The second-order valence-electron chi connectivity index (χ2n) is 4.61. The van der Waals surface area contributed by atoms with E-state index in [1.54, 1.807) is 30.3 Å². The van der Waals surface area contributed by atoms with Crippen molar-refractivity contribution in [2.75, 3.05) is 5.32 Å². The molecule has 0 fully saturated rings. The van der Waals surface area contributed by atoms with Crippen molar-refractivity contribution in [2.24, 2.45) is 0 Å². The third-order valence-electron chi connectivity index (χ3n) is 2.87. The molecule has 0 saturated heterocycles. The van der Waals surface area contributed by atoms with Gasteiger partial charge >= 0.3 is 18.2 Å². The number of nitrogens with zero attached hydrogens (tertiary/aromatic N) is 1. The summed E-state index contributed by atoms with van der Waals surface area (Å²) in [6.45, 7) is -0.124. The van der Waals surface area contributed by atoms with E-state index in [-0.39, 0.29) is 6.61 Å². The van der Waals surface area contributed by atoms with Crippen molar-refractivity contribution in [3.05, 3.63) is 59.4 Å². The topological polar surface area (TPSA) is 88.5 Å². The van der Waals surface area contributed by atoms with Gasteiger partial charge < -0.3 is 9.84 Å². The van der Waals surface area contributed by atoms with Crippen LogP contribution in [0.3, 0.4) is 0 Å². The highest BCUT2D eigenvalue weighted by atomic mass is 19.4. The van der Waals surface area contributed by atoms with Crippen LogP contribution in [0.4, 0.5) is 23.7 Å². The van der Waals surface area contributed by atoms with Gasteiger partial charge in [0.1, 0.15) is 6.61 Å². The molecule has 6 nitrogen and oxygen atoms in total. The van der Waals surface area contributed by atoms with Gasteiger partial charge in [-0.25, -0.2) is 14.6 Å². The lowest BCUT2D eigenvalue weighted by atomic mass is 10.2. The van der Waals surface area contributed by atoms with E-state index in [1.165, 1.54) is 0 Å². The fourth-order valence-electron chi connectivity index (χ4n) is 1.75. The van der Waals surface area contributed by atoms with E-state index in [4.69, 9.17) is 9.84 Å². The summed E-state index contributed by atoms with van der Waals surface area (Å²) in [6, 6.07) is 9.05. The minimum Gasteiger partial charge on any atom is -0.476 e. The second kappa shape index (κ2) is 6.99. The Hall–Kier alpha value is -3.10. The van der Waals surface area contributed by atoms with Crippen LogP contribution >= 0.6 is 0 Å². The molecule has 1 amide bonds. The number of rotatable bonds is 4. The number of anilines is 1. The van der Waals surface area contributed by atoms with Gasteiger partial charge in [-0.1, -0.05) is 30.3 Å². The number of nitrogens with one attached hydrogen (secondary N) is 1. The third kappa shape index (κ3) is 4.45. The zero-order chi connectivity index (χ0) is 17.7. The molecule has 126 valence electrons. The highest BCUT2D eigenvalue weighted by molar-refractivity contribution is 5.97. The Morgan fingerprint density at radius 2 is 1.88 bits per heavy atom. The SMILES string of the molecule is O=C(Nc1cc(C(F)(F)F)cnc1C(=O)O)OCc1ccccc1. The van der Waals surface area contributed by atoms with Gasteiger partial charge in [-0.3, -0.25) is 5.32 Å². The molecule has 0 radical (unpaired) electrons. The molecule has 0 atom stereocenters. The quantitative estimate of drug-likeness (QED) is 0.889. The summed E-state index contributed by atoms with van der Waals surface area (Å²) in [4.78, 5) is 25.9. The number of hydrogen-bond donors (Lipinski definition) is 2. The van der Waals surface area contributed by atoms with E-state index in [1.807, 2.05) is 5.32 Å². The van der Waals surface area contributed by atoms with Gasteiger partial charge in [-0.05, 0) is 11.6 Å². The van der Waals surface area contributed by atoms with Crippen LogP contribution in [-0.2, 0) is 17.5 Å². The molecular formula is C15H11F3N2O4. The lowest BCUT2D eigenvalue weighted by Crippen LogP contribution is -2.18. The molecule has 0 saturated carbocycles. The Morgan fingerprint density at radius 1 is 1.21 bits per heavy atom. The molecular weight excluding hydrogens is 329 g/mol. The van der Waals surface area contributed by atoms with E-state index in [9.17, 15) is 22.8 Å². The molecule has 0 aliphatic heterocycles. The number of alkyl halides is 3. The molecule has 1 heterocycles. The predicted octanol–water partition coefficient (Wildman–Crippen LogP) is 3.55.